The van der Waals surface area contributed by atoms with E-state index >= 15 is 0 Å². The summed E-state index contributed by atoms with van der Waals surface area (Å²) < 4.78 is 5.17. The number of rotatable bonds is 4. The fourth-order valence-electron chi connectivity index (χ4n) is 3.40. The molecule has 0 aliphatic carbocycles. The maximum absolute atomic E-state index is 12.6. The van der Waals surface area contributed by atoms with Gasteiger partial charge in [0.2, 0.25) is 5.91 Å². The summed E-state index contributed by atoms with van der Waals surface area (Å²) in [4.78, 5) is 23.3. The van der Waals surface area contributed by atoms with Gasteiger partial charge in [-0.25, -0.2) is 9.97 Å². The van der Waals surface area contributed by atoms with Gasteiger partial charge >= 0.3 is 0 Å². The Morgan fingerprint density at radius 3 is 2.92 bits per heavy atom. The lowest BCUT2D eigenvalue weighted by Crippen LogP contribution is -2.39. The molecule has 1 aliphatic rings. The van der Waals surface area contributed by atoms with E-state index in [4.69, 9.17) is 4.52 Å². The van der Waals surface area contributed by atoms with E-state index in [-0.39, 0.29) is 5.91 Å². The van der Waals surface area contributed by atoms with Crippen LogP contribution in [0.2, 0.25) is 0 Å². The highest BCUT2D eigenvalue weighted by atomic mass is 16.5. The first-order chi connectivity index (χ1) is 11.5. The van der Waals surface area contributed by atoms with Gasteiger partial charge in [0.05, 0.1) is 5.69 Å². The third-order valence-electron chi connectivity index (χ3n) is 4.76. The molecule has 6 heteroatoms. The molecular formula is C18H24N4O2. The number of carbonyl (C=O) groups is 1. The number of hydrogen-bond acceptors (Lipinski definition) is 5. The van der Waals surface area contributed by atoms with E-state index in [1.807, 2.05) is 31.7 Å². The fourth-order valence-corrected chi connectivity index (χ4v) is 3.40. The molecule has 2 aromatic heterocycles. The Hall–Kier alpha value is -2.24. The second-order valence-electron chi connectivity index (χ2n) is 6.51. The Morgan fingerprint density at radius 1 is 1.38 bits per heavy atom. The highest BCUT2D eigenvalue weighted by Crippen LogP contribution is 2.26. The molecule has 0 aromatic carbocycles. The Kier molecular flexibility index (Phi) is 4.92. The summed E-state index contributed by atoms with van der Waals surface area (Å²) in [6.45, 7) is 7.30. The van der Waals surface area contributed by atoms with E-state index in [0.29, 0.717) is 18.8 Å². The number of carbonyl (C=O) groups excluding carboxylic acids is 1. The molecule has 3 rings (SSSR count). The van der Waals surface area contributed by atoms with Crippen molar-refractivity contribution in [2.45, 2.75) is 52.4 Å². The van der Waals surface area contributed by atoms with Crippen LogP contribution in [0.5, 0.6) is 0 Å². The monoisotopic (exact) mass is 328 g/mol. The number of amides is 1. The molecule has 1 amide bonds. The molecule has 24 heavy (non-hydrogen) atoms. The van der Waals surface area contributed by atoms with Gasteiger partial charge in [0.1, 0.15) is 11.6 Å². The van der Waals surface area contributed by atoms with Gasteiger partial charge in [-0.1, -0.05) is 5.16 Å². The van der Waals surface area contributed by atoms with Crippen molar-refractivity contribution in [2.24, 2.45) is 0 Å². The highest BCUT2D eigenvalue weighted by molar-refractivity contribution is 5.76. The van der Waals surface area contributed by atoms with Crippen LogP contribution in [0.25, 0.3) is 0 Å². The van der Waals surface area contributed by atoms with Crippen molar-refractivity contribution in [3.05, 3.63) is 40.8 Å². The maximum Gasteiger partial charge on any atom is 0.222 e. The van der Waals surface area contributed by atoms with Crippen molar-refractivity contribution < 1.29 is 9.32 Å². The predicted octanol–water partition coefficient (Wildman–Crippen LogP) is 2.73. The minimum Gasteiger partial charge on any atom is -0.361 e. The van der Waals surface area contributed by atoms with Crippen molar-refractivity contribution in [1.82, 2.24) is 20.0 Å². The van der Waals surface area contributed by atoms with Crippen LogP contribution in [-0.4, -0.2) is 39.0 Å². The van der Waals surface area contributed by atoms with Crippen LogP contribution in [0.15, 0.2) is 16.8 Å². The molecule has 1 atom stereocenters. The Balaban J connectivity index is 1.61. The van der Waals surface area contributed by atoms with Gasteiger partial charge in [0.25, 0.3) is 0 Å². The number of aromatic nitrogens is 3. The van der Waals surface area contributed by atoms with Crippen LogP contribution in [0.4, 0.5) is 0 Å². The van der Waals surface area contributed by atoms with Gasteiger partial charge in [-0.15, -0.1) is 0 Å². The van der Waals surface area contributed by atoms with E-state index in [2.05, 4.69) is 15.1 Å². The lowest BCUT2D eigenvalue weighted by molar-refractivity contribution is -0.132. The molecule has 3 heterocycles. The Bertz CT molecular complexity index is 706. The summed E-state index contributed by atoms with van der Waals surface area (Å²) in [5, 5.41) is 3.95. The molecular weight excluding hydrogens is 304 g/mol. The summed E-state index contributed by atoms with van der Waals surface area (Å²) in [7, 11) is 0. The normalized spacial score (nSPS) is 18.0. The predicted molar refractivity (Wildman–Crippen MR) is 89.6 cm³/mol. The largest absolute Gasteiger partial charge is 0.361 e. The lowest BCUT2D eigenvalue weighted by Gasteiger charge is -2.32. The minimum atomic E-state index is 0.200. The Morgan fingerprint density at radius 2 is 2.21 bits per heavy atom. The SMILES string of the molecule is Cc1nccc([C@@H]2CCCN(C(=O)CCc3c(C)noc3C)C2)n1. The van der Waals surface area contributed by atoms with E-state index < -0.39 is 0 Å². The lowest BCUT2D eigenvalue weighted by atomic mass is 9.94. The van der Waals surface area contributed by atoms with Crippen LogP contribution in [-0.2, 0) is 11.2 Å². The van der Waals surface area contributed by atoms with Gasteiger partial charge in [-0.05, 0) is 46.1 Å². The van der Waals surface area contributed by atoms with Crippen LogP contribution in [0.1, 0.15) is 53.7 Å². The van der Waals surface area contributed by atoms with Crippen LogP contribution < -0.4 is 0 Å². The maximum atomic E-state index is 12.6. The molecule has 0 unspecified atom stereocenters. The third kappa shape index (κ3) is 3.63. The second-order valence-corrected chi connectivity index (χ2v) is 6.51. The van der Waals surface area contributed by atoms with E-state index in [9.17, 15) is 4.79 Å². The number of likely N-dealkylation sites (tertiary alicyclic amines) is 1. The molecule has 0 radical (unpaired) electrons. The average molecular weight is 328 g/mol. The molecule has 0 bridgehead atoms. The van der Waals surface area contributed by atoms with Gasteiger partial charge < -0.3 is 9.42 Å². The topological polar surface area (TPSA) is 72.1 Å². The minimum absolute atomic E-state index is 0.200. The van der Waals surface area contributed by atoms with Gasteiger partial charge in [-0.2, -0.15) is 0 Å². The summed E-state index contributed by atoms with van der Waals surface area (Å²) in [5.74, 6) is 2.11. The van der Waals surface area contributed by atoms with E-state index in [1.165, 1.54) is 0 Å². The van der Waals surface area contributed by atoms with Gasteiger partial charge in [-0.3, -0.25) is 4.79 Å². The third-order valence-corrected chi connectivity index (χ3v) is 4.76. The number of nitrogens with zero attached hydrogens (tertiary/aromatic N) is 4. The van der Waals surface area contributed by atoms with Crippen LogP contribution in [0.3, 0.4) is 0 Å². The quantitative estimate of drug-likeness (QED) is 0.863. The first kappa shape index (κ1) is 16.6. The fraction of sp³-hybridized carbons (Fsp3) is 0.556. The highest BCUT2D eigenvalue weighted by Gasteiger charge is 2.26. The zero-order valence-corrected chi connectivity index (χ0v) is 14.6. The molecule has 0 spiro atoms. The zero-order valence-electron chi connectivity index (χ0n) is 14.6. The van der Waals surface area contributed by atoms with Crippen molar-refractivity contribution in [3.8, 4) is 0 Å². The van der Waals surface area contributed by atoms with Crippen molar-refractivity contribution in [3.63, 3.8) is 0 Å². The van der Waals surface area contributed by atoms with Crippen molar-refractivity contribution in [1.29, 1.82) is 0 Å². The molecule has 0 saturated carbocycles. The second kappa shape index (κ2) is 7.11. The van der Waals surface area contributed by atoms with Crippen molar-refractivity contribution >= 4 is 5.91 Å². The Labute approximate surface area is 142 Å². The number of hydrogen-bond donors (Lipinski definition) is 0. The zero-order chi connectivity index (χ0) is 17.1. The first-order valence-corrected chi connectivity index (χ1v) is 8.53. The number of piperidine rings is 1. The molecule has 6 nitrogen and oxygen atoms in total. The molecule has 2 aromatic rings. The molecule has 1 aliphatic heterocycles. The molecule has 1 saturated heterocycles. The summed E-state index contributed by atoms with van der Waals surface area (Å²) in [6, 6.07) is 1.97. The molecule has 1 fully saturated rings. The van der Waals surface area contributed by atoms with Crippen LogP contribution in [0, 0.1) is 20.8 Å². The summed E-state index contributed by atoms with van der Waals surface area (Å²) >= 11 is 0. The van der Waals surface area contributed by atoms with Gasteiger partial charge in [0, 0.05) is 42.9 Å². The standard InChI is InChI=1S/C18H24N4O2/c1-12-16(13(2)24-21-12)6-7-18(23)22-10-4-5-15(11-22)17-8-9-19-14(3)20-17/h8-9,15H,4-7,10-11H2,1-3H3/t15-/m1/s1. The number of aryl methyl sites for hydroxylation is 3. The van der Waals surface area contributed by atoms with E-state index in [0.717, 1.165) is 54.5 Å². The average Bonchev–Trinajstić information content (AvgIpc) is 2.91. The van der Waals surface area contributed by atoms with E-state index in [1.54, 1.807) is 6.20 Å². The summed E-state index contributed by atoms with van der Waals surface area (Å²) in [6.07, 6.45) is 5.08. The first-order valence-electron chi connectivity index (χ1n) is 8.53. The molecule has 0 N–H and O–H groups in total. The smallest absolute Gasteiger partial charge is 0.222 e. The molecule has 128 valence electrons. The summed E-state index contributed by atoms with van der Waals surface area (Å²) in [5.41, 5.74) is 2.99. The van der Waals surface area contributed by atoms with Gasteiger partial charge in [0.15, 0.2) is 0 Å². The van der Waals surface area contributed by atoms with Crippen LogP contribution >= 0.6 is 0 Å². The van der Waals surface area contributed by atoms with Crippen molar-refractivity contribution in [2.75, 3.05) is 13.1 Å².